The first-order valence-corrected chi connectivity index (χ1v) is 12.2. The Labute approximate surface area is 206 Å². The topological polar surface area (TPSA) is 0 Å². The highest BCUT2D eigenvalue weighted by molar-refractivity contribution is 6.51. The lowest BCUT2D eigenvalue weighted by Gasteiger charge is -2.52. The predicted octanol–water partition coefficient (Wildman–Crippen LogP) is 9.21. The van der Waals surface area contributed by atoms with Crippen molar-refractivity contribution in [3.05, 3.63) is 115 Å². The monoisotopic (exact) mass is 492 g/mol. The minimum atomic E-state index is -0.0218. The van der Waals surface area contributed by atoms with Gasteiger partial charge < -0.3 is 0 Å². The van der Waals surface area contributed by atoms with E-state index in [4.69, 9.17) is 46.4 Å². The molecule has 0 N–H and O–H groups in total. The standard InChI is InChI=1S/C28H16Cl4/c29-25-23-21-17-9-13-5-1-2-6-14(13)10-18(17)22(24(23)26(30)28(32)27(25)31)20-12-16-8-4-3-7-15(16)11-19(20)21/h1-12,21-24H. The van der Waals surface area contributed by atoms with Crippen molar-refractivity contribution < 1.29 is 0 Å². The van der Waals surface area contributed by atoms with Crippen LogP contribution in [-0.4, -0.2) is 0 Å². The van der Waals surface area contributed by atoms with Gasteiger partial charge in [0.2, 0.25) is 0 Å². The van der Waals surface area contributed by atoms with Gasteiger partial charge in [0.15, 0.2) is 0 Å². The summed E-state index contributed by atoms with van der Waals surface area (Å²) in [5.41, 5.74) is 5.29. The molecule has 156 valence electrons. The Kier molecular flexibility index (Phi) is 4.13. The van der Waals surface area contributed by atoms with E-state index < -0.39 is 0 Å². The van der Waals surface area contributed by atoms with Crippen LogP contribution in [0.2, 0.25) is 0 Å². The number of hydrogen-bond donors (Lipinski definition) is 0. The maximum Gasteiger partial charge on any atom is 0.0752 e. The second-order valence-corrected chi connectivity index (χ2v) is 10.6. The number of benzene rings is 4. The van der Waals surface area contributed by atoms with Gasteiger partial charge in [0, 0.05) is 33.7 Å². The van der Waals surface area contributed by atoms with Gasteiger partial charge in [-0.3, -0.25) is 0 Å². The number of fused-ring (bicyclic) bond motifs is 2. The van der Waals surface area contributed by atoms with E-state index in [2.05, 4.69) is 72.8 Å². The molecule has 4 aliphatic carbocycles. The zero-order chi connectivity index (χ0) is 21.7. The number of allylic oxidation sites excluding steroid dienone is 4. The van der Waals surface area contributed by atoms with Crippen molar-refractivity contribution in [3.63, 3.8) is 0 Å². The summed E-state index contributed by atoms with van der Waals surface area (Å²) in [6, 6.07) is 26.4. The Bertz CT molecular complexity index is 1340. The van der Waals surface area contributed by atoms with E-state index in [1.807, 2.05) is 0 Å². The maximum absolute atomic E-state index is 6.93. The van der Waals surface area contributed by atoms with Crippen molar-refractivity contribution in [2.45, 2.75) is 11.8 Å². The van der Waals surface area contributed by atoms with Gasteiger partial charge >= 0.3 is 0 Å². The quantitative estimate of drug-likeness (QED) is 0.229. The average molecular weight is 494 g/mol. The first kappa shape index (κ1) is 19.5. The number of rotatable bonds is 0. The Morgan fingerprint density at radius 3 is 1.00 bits per heavy atom. The molecular formula is C28H16Cl4. The zero-order valence-electron chi connectivity index (χ0n) is 16.7. The third-order valence-corrected chi connectivity index (χ3v) is 9.50. The Hall–Kier alpha value is -1.96. The van der Waals surface area contributed by atoms with E-state index in [1.165, 1.54) is 43.8 Å². The molecule has 0 saturated heterocycles. The van der Waals surface area contributed by atoms with E-state index in [0.29, 0.717) is 20.1 Å². The molecule has 2 bridgehead atoms. The van der Waals surface area contributed by atoms with Crippen LogP contribution in [0.1, 0.15) is 34.1 Å². The Balaban J connectivity index is 1.61. The number of hydrogen-bond acceptors (Lipinski definition) is 0. The van der Waals surface area contributed by atoms with Gasteiger partial charge in [-0.15, -0.1) is 0 Å². The highest BCUT2D eigenvalue weighted by Crippen LogP contribution is 2.66. The first-order valence-electron chi connectivity index (χ1n) is 10.7. The van der Waals surface area contributed by atoms with Crippen molar-refractivity contribution in [1.82, 2.24) is 0 Å². The minimum absolute atomic E-state index is 0.0218. The van der Waals surface area contributed by atoms with Crippen LogP contribution in [0, 0.1) is 11.8 Å². The van der Waals surface area contributed by atoms with Crippen molar-refractivity contribution >= 4 is 67.9 Å². The van der Waals surface area contributed by atoms with Crippen LogP contribution < -0.4 is 0 Å². The molecule has 0 saturated carbocycles. The molecule has 0 nitrogen and oxygen atoms in total. The summed E-state index contributed by atoms with van der Waals surface area (Å²) in [4.78, 5) is 0. The molecule has 0 aliphatic heterocycles. The predicted molar refractivity (Wildman–Crippen MR) is 136 cm³/mol. The molecule has 0 heterocycles. The SMILES string of the molecule is ClC1=C(Cl)C2C3c4cc5ccccc5cc4C(c4cc5ccccc5cc43)C2C(Cl)=C1Cl. The second kappa shape index (κ2) is 6.78. The van der Waals surface area contributed by atoms with Crippen LogP contribution in [0.3, 0.4) is 0 Å². The highest BCUT2D eigenvalue weighted by Gasteiger charge is 2.54. The Morgan fingerprint density at radius 2 is 0.719 bits per heavy atom. The molecule has 0 fully saturated rings. The molecule has 4 heteroatoms. The molecule has 8 rings (SSSR count). The Morgan fingerprint density at radius 1 is 0.438 bits per heavy atom. The van der Waals surface area contributed by atoms with Crippen molar-refractivity contribution in [2.75, 3.05) is 0 Å². The van der Waals surface area contributed by atoms with E-state index in [1.54, 1.807) is 0 Å². The summed E-state index contributed by atoms with van der Waals surface area (Å²) in [5.74, 6) is 0.103. The molecule has 4 aromatic carbocycles. The van der Waals surface area contributed by atoms with Gasteiger partial charge in [0.25, 0.3) is 0 Å². The second-order valence-electron chi connectivity index (χ2n) is 8.99. The van der Waals surface area contributed by atoms with Crippen LogP contribution >= 0.6 is 46.4 Å². The average Bonchev–Trinajstić information content (AvgIpc) is 2.83. The molecule has 0 spiro atoms. The molecule has 2 atom stereocenters. The molecule has 4 aromatic rings. The highest BCUT2D eigenvalue weighted by atomic mass is 35.5. The first-order chi connectivity index (χ1) is 15.5. The summed E-state index contributed by atoms with van der Waals surface area (Å²) in [7, 11) is 0. The summed E-state index contributed by atoms with van der Waals surface area (Å²) < 4.78 is 0. The van der Waals surface area contributed by atoms with Gasteiger partial charge in [-0.1, -0.05) is 119 Å². The van der Waals surface area contributed by atoms with E-state index in [9.17, 15) is 0 Å². The lowest BCUT2D eigenvalue weighted by atomic mass is 9.53. The summed E-state index contributed by atoms with van der Waals surface area (Å²) in [6.07, 6.45) is 0. The van der Waals surface area contributed by atoms with Crippen LogP contribution in [0.15, 0.2) is 92.9 Å². The normalized spacial score (nSPS) is 25.9. The smallest absolute Gasteiger partial charge is 0.0752 e. The van der Waals surface area contributed by atoms with Crippen molar-refractivity contribution in [3.8, 4) is 0 Å². The van der Waals surface area contributed by atoms with Crippen LogP contribution in [0.25, 0.3) is 21.5 Å². The fourth-order valence-corrected chi connectivity index (χ4v) is 7.53. The van der Waals surface area contributed by atoms with Gasteiger partial charge in [-0.2, -0.15) is 0 Å². The van der Waals surface area contributed by atoms with Gasteiger partial charge in [-0.05, 0) is 43.8 Å². The van der Waals surface area contributed by atoms with E-state index in [-0.39, 0.29) is 23.7 Å². The largest absolute Gasteiger partial charge is 0.0871 e. The van der Waals surface area contributed by atoms with Crippen LogP contribution in [-0.2, 0) is 0 Å². The molecular weight excluding hydrogens is 478 g/mol. The van der Waals surface area contributed by atoms with Crippen molar-refractivity contribution in [2.24, 2.45) is 11.8 Å². The van der Waals surface area contributed by atoms with E-state index in [0.717, 1.165) is 0 Å². The lowest BCUT2D eigenvalue weighted by Crippen LogP contribution is -2.42. The fourth-order valence-electron chi connectivity index (χ4n) is 6.26. The summed E-state index contributed by atoms with van der Waals surface area (Å²) in [5, 5.41) is 6.96. The molecule has 0 radical (unpaired) electrons. The van der Waals surface area contributed by atoms with Crippen molar-refractivity contribution in [1.29, 1.82) is 0 Å². The van der Waals surface area contributed by atoms with Crippen LogP contribution in [0.4, 0.5) is 0 Å². The van der Waals surface area contributed by atoms with Crippen LogP contribution in [0.5, 0.6) is 0 Å². The summed E-state index contributed by atoms with van der Waals surface area (Å²) in [6.45, 7) is 0. The maximum atomic E-state index is 6.93. The molecule has 2 unspecified atom stereocenters. The number of halogens is 4. The third kappa shape index (κ3) is 2.42. The molecule has 32 heavy (non-hydrogen) atoms. The lowest BCUT2D eigenvalue weighted by molar-refractivity contribution is 0.320. The van der Waals surface area contributed by atoms with Gasteiger partial charge in [-0.25, -0.2) is 0 Å². The minimum Gasteiger partial charge on any atom is -0.0871 e. The third-order valence-electron chi connectivity index (χ3n) is 7.55. The fraction of sp³-hybridized carbons (Fsp3) is 0.143. The zero-order valence-corrected chi connectivity index (χ0v) is 19.8. The molecule has 0 amide bonds. The van der Waals surface area contributed by atoms with Gasteiger partial charge in [0.1, 0.15) is 0 Å². The van der Waals surface area contributed by atoms with Gasteiger partial charge in [0.05, 0.1) is 10.1 Å². The molecule has 4 aliphatic rings. The summed E-state index contributed by atoms with van der Waals surface area (Å²) >= 11 is 27.0. The van der Waals surface area contributed by atoms with E-state index >= 15 is 0 Å². The molecule has 0 aromatic heterocycles.